The predicted molar refractivity (Wildman–Crippen MR) is 62.4 cm³/mol. The van der Waals surface area contributed by atoms with Crippen molar-refractivity contribution in [3.8, 4) is 0 Å². The molecule has 6 heteroatoms. The van der Waals surface area contributed by atoms with E-state index in [0.717, 1.165) is 5.69 Å². The van der Waals surface area contributed by atoms with Crippen molar-refractivity contribution in [1.82, 2.24) is 10.4 Å². The fraction of sp³-hybridized carbons (Fsp3) is 0.273. The van der Waals surface area contributed by atoms with Crippen molar-refractivity contribution >= 4 is 23.2 Å². The number of aromatic nitrogens is 1. The zero-order valence-electron chi connectivity index (χ0n) is 9.36. The second kappa shape index (κ2) is 4.73. The summed E-state index contributed by atoms with van der Waals surface area (Å²) >= 11 is 0. The van der Waals surface area contributed by atoms with Crippen LogP contribution in [0.25, 0.3) is 0 Å². The second-order valence-corrected chi connectivity index (χ2v) is 3.68. The van der Waals surface area contributed by atoms with Gasteiger partial charge in [-0.05, 0) is 19.1 Å². The molecule has 1 aromatic heterocycles. The minimum absolute atomic E-state index is 0.167. The minimum atomic E-state index is -0.305. The normalized spacial score (nSPS) is 14.9. The molecule has 0 aliphatic carbocycles. The van der Waals surface area contributed by atoms with E-state index in [-0.39, 0.29) is 18.2 Å². The second-order valence-electron chi connectivity index (χ2n) is 3.68. The monoisotopic (exact) mass is 232 g/mol. The first-order valence-electron chi connectivity index (χ1n) is 5.25. The number of pyridine rings is 1. The summed E-state index contributed by atoms with van der Waals surface area (Å²) in [5.41, 5.74) is 4.00. The molecule has 0 spiro atoms. The average molecular weight is 232 g/mol. The maximum absolute atomic E-state index is 11.8. The lowest BCUT2D eigenvalue weighted by Crippen LogP contribution is -2.32. The number of anilines is 1. The standard InChI is InChI=1S/C11H12N4O2/c1-7-8(3-2-6-12-7)13-11(17)9-4-5-10(16)15-14-9/h2-3,6H,4-5H2,1H3,(H,13,17)(H,15,16). The van der Waals surface area contributed by atoms with Crippen LogP contribution in [0.5, 0.6) is 0 Å². The van der Waals surface area contributed by atoms with Gasteiger partial charge in [0.2, 0.25) is 5.91 Å². The van der Waals surface area contributed by atoms with Crippen molar-refractivity contribution in [1.29, 1.82) is 0 Å². The molecule has 17 heavy (non-hydrogen) atoms. The lowest BCUT2D eigenvalue weighted by atomic mass is 10.1. The average Bonchev–Trinajstić information content (AvgIpc) is 2.33. The Kier molecular flexibility index (Phi) is 3.13. The van der Waals surface area contributed by atoms with Gasteiger partial charge in [-0.25, -0.2) is 5.43 Å². The Balaban J connectivity index is 2.07. The highest BCUT2D eigenvalue weighted by molar-refractivity contribution is 6.43. The van der Waals surface area contributed by atoms with Gasteiger partial charge in [-0.15, -0.1) is 0 Å². The Morgan fingerprint density at radius 3 is 2.94 bits per heavy atom. The third kappa shape index (κ3) is 2.66. The minimum Gasteiger partial charge on any atom is -0.319 e. The topological polar surface area (TPSA) is 83.4 Å². The summed E-state index contributed by atoms with van der Waals surface area (Å²) in [6.45, 7) is 1.81. The van der Waals surface area contributed by atoms with Crippen LogP contribution in [0.2, 0.25) is 0 Å². The summed E-state index contributed by atoms with van der Waals surface area (Å²) in [5.74, 6) is -0.472. The molecule has 2 rings (SSSR count). The van der Waals surface area contributed by atoms with Gasteiger partial charge in [-0.1, -0.05) is 0 Å². The van der Waals surface area contributed by atoms with E-state index in [1.165, 1.54) is 0 Å². The number of amides is 2. The summed E-state index contributed by atoms with van der Waals surface area (Å²) in [7, 11) is 0. The molecule has 0 aromatic carbocycles. The van der Waals surface area contributed by atoms with Crippen molar-refractivity contribution in [2.75, 3.05) is 5.32 Å². The Labute approximate surface area is 98.1 Å². The molecule has 1 aliphatic heterocycles. The molecule has 1 aromatic rings. The van der Waals surface area contributed by atoms with E-state index >= 15 is 0 Å². The number of hydrogen-bond donors (Lipinski definition) is 2. The van der Waals surface area contributed by atoms with Gasteiger partial charge in [-0.3, -0.25) is 14.6 Å². The highest BCUT2D eigenvalue weighted by Gasteiger charge is 2.18. The van der Waals surface area contributed by atoms with E-state index in [0.29, 0.717) is 17.8 Å². The van der Waals surface area contributed by atoms with Crippen LogP contribution in [0, 0.1) is 6.92 Å². The third-order valence-corrected chi connectivity index (χ3v) is 2.42. The number of nitrogens with zero attached hydrogens (tertiary/aromatic N) is 2. The van der Waals surface area contributed by atoms with Crippen molar-refractivity contribution in [3.05, 3.63) is 24.0 Å². The molecule has 6 nitrogen and oxygen atoms in total. The summed E-state index contributed by atoms with van der Waals surface area (Å²) in [5, 5.41) is 6.43. The SMILES string of the molecule is Cc1ncccc1NC(=O)C1=NNC(=O)CC1. The molecule has 0 fully saturated rings. The van der Waals surface area contributed by atoms with E-state index < -0.39 is 0 Å². The quantitative estimate of drug-likeness (QED) is 0.783. The highest BCUT2D eigenvalue weighted by Crippen LogP contribution is 2.11. The summed E-state index contributed by atoms with van der Waals surface area (Å²) in [6.07, 6.45) is 2.30. The van der Waals surface area contributed by atoms with Crippen LogP contribution in [0.4, 0.5) is 5.69 Å². The molecule has 1 aliphatic rings. The van der Waals surface area contributed by atoms with Gasteiger partial charge in [0.05, 0.1) is 11.4 Å². The van der Waals surface area contributed by atoms with Gasteiger partial charge >= 0.3 is 0 Å². The zero-order chi connectivity index (χ0) is 12.3. The van der Waals surface area contributed by atoms with Crippen molar-refractivity contribution in [2.45, 2.75) is 19.8 Å². The number of rotatable bonds is 2. The van der Waals surface area contributed by atoms with Crippen molar-refractivity contribution < 1.29 is 9.59 Å². The third-order valence-electron chi connectivity index (χ3n) is 2.42. The van der Waals surface area contributed by atoms with Gasteiger partial charge in [0.25, 0.3) is 5.91 Å². The molecule has 2 N–H and O–H groups in total. The first-order valence-corrected chi connectivity index (χ1v) is 5.25. The Morgan fingerprint density at radius 2 is 2.29 bits per heavy atom. The smallest absolute Gasteiger partial charge is 0.271 e. The van der Waals surface area contributed by atoms with Crippen LogP contribution in [-0.2, 0) is 9.59 Å². The number of aryl methyl sites for hydroxylation is 1. The van der Waals surface area contributed by atoms with Crippen LogP contribution in [0.1, 0.15) is 18.5 Å². The molecule has 2 amide bonds. The number of hydrazone groups is 1. The molecule has 0 bridgehead atoms. The predicted octanol–water partition coefficient (Wildman–Crippen LogP) is 0.595. The number of hydrogen-bond acceptors (Lipinski definition) is 4. The molecule has 0 saturated heterocycles. The van der Waals surface area contributed by atoms with Crippen LogP contribution in [0.3, 0.4) is 0 Å². The van der Waals surface area contributed by atoms with Gasteiger partial charge in [0, 0.05) is 19.0 Å². The van der Waals surface area contributed by atoms with Gasteiger partial charge in [0.15, 0.2) is 0 Å². The van der Waals surface area contributed by atoms with Crippen molar-refractivity contribution in [2.24, 2.45) is 5.10 Å². The summed E-state index contributed by atoms with van der Waals surface area (Å²) < 4.78 is 0. The first-order chi connectivity index (χ1) is 8.16. The van der Waals surface area contributed by atoms with Gasteiger partial charge in [0.1, 0.15) is 5.71 Å². The molecule has 0 atom stereocenters. The Hall–Kier alpha value is -2.24. The first kappa shape index (κ1) is 11.3. The van der Waals surface area contributed by atoms with E-state index in [4.69, 9.17) is 0 Å². The zero-order valence-corrected chi connectivity index (χ0v) is 9.36. The van der Waals surface area contributed by atoms with Crippen LogP contribution in [-0.4, -0.2) is 22.5 Å². The molecular formula is C11H12N4O2. The summed E-state index contributed by atoms with van der Waals surface area (Å²) in [6, 6.07) is 3.51. The fourth-order valence-corrected chi connectivity index (χ4v) is 1.45. The number of carbonyl (C=O) groups is 2. The van der Waals surface area contributed by atoms with E-state index in [1.54, 1.807) is 25.3 Å². The summed E-state index contributed by atoms with van der Waals surface area (Å²) in [4.78, 5) is 26.8. The lowest BCUT2D eigenvalue weighted by molar-refractivity contribution is -0.121. The molecule has 2 heterocycles. The highest BCUT2D eigenvalue weighted by atomic mass is 16.2. The molecule has 0 radical (unpaired) electrons. The lowest BCUT2D eigenvalue weighted by Gasteiger charge is -2.12. The largest absolute Gasteiger partial charge is 0.319 e. The number of nitrogens with one attached hydrogen (secondary N) is 2. The van der Waals surface area contributed by atoms with Crippen LogP contribution >= 0.6 is 0 Å². The molecular weight excluding hydrogens is 220 g/mol. The van der Waals surface area contributed by atoms with Gasteiger partial charge < -0.3 is 5.32 Å². The molecule has 0 unspecified atom stereocenters. The Morgan fingerprint density at radius 1 is 1.47 bits per heavy atom. The Bertz CT molecular complexity index is 496. The van der Waals surface area contributed by atoms with Crippen LogP contribution < -0.4 is 10.7 Å². The molecule has 88 valence electrons. The molecule has 0 saturated carbocycles. The number of carbonyl (C=O) groups excluding carboxylic acids is 2. The van der Waals surface area contributed by atoms with Crippen LogP contribution in [0.15, 0.2) is 23.4 Å². The van der Waals surface area contributed by atoms with Crippen molar-refractivity contribution in [3.63, 3.8) is 0 Å². The van der Waals surface area contributed by atoms with E-state index in [2.05, 4.69) is 20.8 Å². The fourth-order valence-electron chi connectivity index (χ4n) is 1.45. The maximum atomic E-state index is 11.8. The van der Waals surface area contributed by atoms with E-state index in [1.807, 2.05) is 0 Å². The van der Waals surface area contributed by atoms with Gasteiger partial charge in [-0.2, -0.15) is 5.10 Å². The van der Waals surface area contributed by atoms with E-state index in [9.17, 15) is 9.59 Å². The maximum Gasteiger partial charge on any atom is 0.271 e.